The van der Waals surface area contributed by atoms with Gasteiger partial charge in [-0.15, -0.1) is 11.8 Å². The first-order valence-corrected chi connectivity index (χ1v) is 6.47. The van der Waals surface area contributed by atoms with Gasteiger partial charge in [-0.3, -0.25) is 4.79 Å². The molecule has 1 atom stereocenters. The second kappa shape index (κ2) is 3.56. The number of nitrogens with zero attached hydrogens (tertiary/aromatic N) is 1. The van der Waals surface area contributed by atoms with Crippen molar-refractivity contribution in [1.29, 1.82) is 0 Å². The summed E-state index contributed by atoms with van der Waals surface area (Å²) >= 11 is 1.76. The second-order valence-corrected chi connectivity index (χ2v) is 5.10. The van der Waals surface area contributed by atoms with Crippen LogP contribution in [-0.2, 0) is 11.2 Å². The molecule has 3 rings (SSSR count). The second-order valence-electron chi connectivity index (χ2n) is 4.07. The Balaban J connectivity index is 2.02. The molecule has 1 aromatic carbocycles. The van der Waals surface area contributed by atoms with E-state index in [-0.39, 0.29) is 0 Å². The smallest absolute Gasteiger partial charge is 0.233 e. The molecule has 0 spiro atoms. The first-order valence-electron chi connectivity index (χ1n) is 5.31. The molecule has 1 aromatic rings. The first kappa shape index (κ1) is 9.28. The zero-order valence-corrected chi connectivity index (χ0v) is 9.30. The van der Waals surface area contributed by atoms with Gasteiger partial charge in [0.05, 0.1) is 11.8 Å². The number of hydrogen-bond donors (Lipinski definition) is 0. The van der Waals surface area contributed by atoms with Crippen LogP contribution in [0, 0.1) is 0 Å². The number of rotatable bonds is 0. The Hall–Kier alpha value is -0.960. The maximum atomic E-state index is 11.7. The summed E-state index contributed by atoms with van der Waals surface area (Å²) in [5.74, 6) is 2.03. The van der Waals surface area contributed by atoms with Gasteiger partial charge in [-0.2, -0.15) is 0 Å². The van der Waals surface area contributed by atoms with Crippen LogP contribution in [0.3, 0.4) is 0 Å². The van der Waals surface area contributed by atoms with Gasteiger partial charge in [-0.1, -0.05) is 24.3 Å². The van der Waals surface area contributed by atoms with E-state index < -0.39 is 0 Å². The average Bonchev–Trinajstić information content (AvgIpc) is 2.29. The topological polar surface area (TPSA) is 20.3 Å². The maximum Gasteiger partial charge on any atom is 0.233 e. The minimum Gasteiger partial charge on any atom is -0.334 e. The average molecular weight is 219 g/mol. The Morgan fingerprint density at radius 1 is 1.33 bits per heavy atom. The number of carbonyl (C=O) groups is 1. The van der Waals surface area contributed by atoms with Gasteiger partial charge in [0.1, 0.15) is 0 Å². The number of fused-ring (bicyclic) bond motifs is 3. The van der Waals surface area contributed by atoms with Crippen molar-refractivity contribution in [3.05, 3.63) is 35.4 Å². The normalized spacial score (nSPS) is 24.7. The van der Waals surface area contributed by atoms with Crippen LogP contribution in [0.15, 0.2) is 24.3 Å². The highest BCUT2D eigenvalue weighted by Crippen LogP contribution is 2.35. The lowest BCUT2D eigenvalue weighted by Crippen LogP contribution is -2.44. The molecule has 1 amide bonds. The van der Waals surface area contributed by atoms with Crippen molar-refractivity contribution in [3.8, 4) is 0 Å². The lowest BCUT2D eigenvalue weighted by Gasteiger charge is -2.40. The zero-order valence-electron chi connectivity index (χ0n) is 8.48. The highest BCUT2D eigenvalue weighted by molar-refractivity contribution is 8.00. The van der Waals surface area contributed by atoms with Crippen molar-refractivity contribution in [2.45, 2.75) is 12.5 Å². The van der Waals surface area contributed by atoms with Crippen molar-refractivity contribution in [2.24, 2.45) is 0 Å². The van der Waals surface area contributed by atoms with Gasteiger partial charge in [0, 0.05) is 12.3 Å². The van der Waals surface area contributed by atoms with E-state index in [0.29, 0.717) is 17.7 Å². The summed E-state index contributed by atoms with van der Waals surface area (Å²) in [6, 6.07) is 8.86. The number of amides is 1. The highest BCUT2D eigenvalue weighted by Gasteiger charge is 2.33. The minimum absolute atomic E-state index is 0.311. The third-order valence-corrected chi connectivity index (χ3v) is 4.24. The van der Waals surface area contributed by atoms with Crippen LogP contribution in [0.4, 0.5) is 0 Å². The maximum absolute atomic E-state index is 11.7. The monoisotopic (exact) mass is 219 g/mol. The van der Waals surface area contributed by atoms with Crippen LogP contribution < -0.4 is 0 Å². The summed E-state index contributed by atoms with van der Waals surface area (Å²) in [6.07, 6.45) is 1.02. The predicted octanol–water partition coefficient (Wildman–Crippen LogP) is 1.86. The number of benzene rings is 1. The molecular weight excluding hydrogens is 206 g/mol. The van der Waals surface area contributed by atoms with Crippen LogP contribution in [0.5, 0.6) is 0 Å². The molecule has 1 fully saturated rings. The summed E-state index contributed by atoms with van der Waals surface area (Å²) in [5, 5.41) is 0. The summed E-state index contributed by atoms with van der Waals surface area (Å²) in [7, 11) is 0. The van der Waals surface area contributed by atoms with E-state index in [2.05, 4.69) is 29.2 Å². The van der Waals surface area contributed by atoms with Gasteiger partial charge >= 0.3 is 0 Å². The molecule has 2 aliphatic rings. The predicted molar refractivity (Wildman–Crippen MR) is 61.9 cm³/mol. The molecule has 0 saturated carbocycles. The molecule has 0 aromatic heterocycles. The van der Waals surface area contributed by atoms with E-state index in [0.717, 1.165) is 18.7 Å². The molecule has 15 heavy (non-hydrogen) atoms. The Morgan fingerprint density at radius 3 is 3.13 bits per heavy atom. The summed E-state index contributed by atoms with van der Waals surface area (Å²) in [5.41, 5.74) is 2.79. The molecule has 0 N–H and O–H groups in total. The van der Waals surface area contributed by atoms with Gasteiger partial charge in [0.2, 0.25) is 5.91 Å². The van der Waals surface area contributed by atoms with Crippen LogP contribution >= 0.6 is 11.8 Å². The fourth-order valence-electron chi connectivity index (χ4n) is 2.47. The van der Waals surface area contributed by atoms with Crippen molar-refractivity contribution in [3.63, 3.8) is 0 Å². The number of carbonyl (C=O) groups excluding carboxylic acids is 1. The largest absolute Gasteiger partial charge is 0.334 e. The van der Waals surface area contributed by atoms with Crippen LogP contribution in [0.25, 0.3) is 0 Å². The van der Waals surface area contributed by atoms with Crippen molar-refractivity contribution >= 4 is 17.7 Å². The van der Waals surface area contributed by atoms with E-state index in [1.807, 2.05) is 0 Å². The SMILES string of the molecule is O=C1CSCC2c3ccccc3CCN12. The Bertz CT molecular complexity index is 404. The molecule has 2 aliphatic heterocycles. The van der Waals surface area contributed by atoms with Crippen LogP contribution in [-0.4, -0.2) is 28.9 Å². The highest BCUT2D eigenvalue weighted by atomic mass is 32.2. The first-order chi connectivity index (χ1) is 7.36. The van der Waals surface area contributed by atoms with E-state index in [1.54, 1.807) is 11.8 Å². The van der Waals surface area contributed by atoms with Crippen molar-refractivity contribution in [1.82, 2.24) is 4.90 Å². The van der Waals surface area contributed by atoms with E-state index in [4.69, 9.17) is 0 Å². The molecule has 0 radical (unpaired) electrons. The van der Waals surface area contributed by atoms with Crippen LogP contribution in [0.2, 0.25) is 0 Å². The molecule has 0 aliphatic carbocycles. The van der Waals surface area contributed by atoms with E-state index in [9.17, 15) is 4.79 Å². The minimum atomic E-state index is 0.311. The van der Waals surface area contributed by atoms with E-state index in [1.165, 1.54) is 11.1 Å². The van der Waals surface area contributed by atoms with Gasteiger partial charge in [-0.25, -0.2) is 0 Å². The Kier molecular flexibility index (Phi) is 2.20. The molecule has 3 heteroatoms. The third kappa shape index (κ3) is 1.46. The molecular formula is C12H13NOS. The lowest BCUT2D eigenvalue weighted by atomic mass is 9.93. The quantitative estimate of drug-likeness (QED) is 0.664. The molecule has 2 nitrogen and oxygen atoms in total. The van der Waals surface area contributed by atoms with Crippen molar-refractivity contribution < 1.29 is 4.79 Å². The summed E-state index contributed by atoms with van der Waals surface area (Å²) < 4.78 is 0. The molecule has 1 unspecified atom stereocenters. The van der Waals surface area contributed by atoms with Crippen molar-refractivity contribution in [2.75, 3.05) is 18.1 Å². The van der Waals surface area contributed by atoms with Crippen LogP contribution in [0.1, 0.15) is 17.2 Å². The summed E-state index contributed by atoms with van der Waals surface area (Å²) in [6.45, 7) is 0.904. The molecule has 78 valence electrons. The molecule has 0 bridgehead atoms. The lowest BCUT2D eigenvalue weighted by molar-refractivity contribution is -0.131. The van der Waals surface area contributed by atoms with Gasteiger partial charge in [0.15, 0.2) is 0 Å². The van der Waals surface area contributed by atoms with Gasteiger partial charge < -0.3 is 4.90 Å². The summed E-state index contributed by atoms with van der Waals surface area (Å²) in [4.78, 5) is 13.8. The Morgan fingerprint density at radius 2 is 2.20 bits per heavy atom. The van der Waals surface area contributed by atoms with Gasteiger partial charge in [0.25, 0.3) is 0 Å². The van der Waals surface area contributed by atoms with Gasteiger partial charge in [-0.05, 0) is 17.5 Å². The molecule has 2 heterocycles. The number of hydrogen-bond acceptors (Lipinski definition) is 2. The standard InChI is InChI=1S/C12H13NOS/c14-12-8-15-7-11-10-4-2-1-3-9(10)5-6-13(11)12/h1-4,11H,5-8H2. The Labute approximate surface area is 93.7 Å². The fraction of sp³-hybridized carbons (Fsp3) is 0.417. The zero-order chi connectivity index (χ0) is 10.3. The number of thioether (sulfide) groups is 1. The molecule has 1 saturated heterocycles. The fourth-order valence-corrected chi connectivity index (χ4v) is 3.51. The third-order valence-electron chi connectivity index (χ3n) is 3.23. The van der Waals surface area contributed by atoms with E-state index >= 15 is 0 Å².